The molecule has 2 atom stereocenters. The van der Waals surface area contributed by atoms with Crippen LogP contribution in [0.25, 0.3) is 0 Å². The van der Waals surface area contributed by atoms with Crippen LogP contribution in [0.1, 0.15) is 12.5 Å². The molecule has 112 valence electrons. The van der Waals surface area contributed by atoms with E-state index in [0.29, 0.717) is 6.07 Å². The maximum Gasteiger partial charge on any atom is 0.137 e. The summed E-state index contributed by atoms with van der Waals surface area (Å²) in [5, 5.41) is 14.8. The third-order valence-corrected chi connectivity index (χ3v) is 3.76. The number of aliphatic hydroxyl groups is 1. The van der Waals surface area contributed by atoms with Crippen LogP contribution in [0, 0.1) is 17.6 Å². The molecule has 0 aliphatic heterocycles. The van der Waals surface area contributed by atoms with Gasteiger partial charge in [-0.25, -0.2) is 18.4 Å². The minimum atomic E-state index is -1.77. The Kier molecular flexibility index (Phi) is 4.29. The first-order chi connectivity index (χ1) is 9.84. The highest BCUT2D eigenvalue weighted by Crippen LogP contribution is 2.33. The maximum atomic E-state index is 14.1. The van der Waals surface area contributed by atoms with Crippen molar-refractivity contribution in [2.24, 2.45) is 11.7 Å². The van der Waals surface area contributed by atoms with Gasteiger partial charge in [0, 0.05) is 17.5 Å². The molecular formula is C13H14F2N4OS. The Hall–Kier alpha value is -1.93. The first-order valence-electron chi connectivity index (χ1n) is 6.14. The van der Waals surface area contributed by atoms with Crippen LogP contribution >= 0.6 is 12.2 Å². The number of thiocarbonyl (C=S) groups is 1. The first-order valence-corrected chi connectivity index (χ1v) is 6.55. The summed E-state index contributed by atoms with van der Waals surface area (Å²) in [6.07, 6.45) is 2.66. The maximum absolute atomic E-state index is 14.1. The summed E-state index contributed by atoms with van der Waals surface area (Å²) in [6, 6.07) is 2.95. The van der Waals surface area contributed by atoms with Gasteiger partial charge >= 0.3 is 0 Å². The van der Waals surface area contributed by atoms with Gasteiger partial charge in [-0.3, -0.25) is 0 Å². The Labute approximate surface area is 125 Å². The Morgan fingerprint density at radius 2 is 2.24 bits per heavy atom. The second-order valence-electron chi connectivity index (χ2n) is 4.77. The zero-order chi connectivity index (χ0) is 15.6. The summed E-state index contributed by atoms with van der Waals surface area (Å²) in [7, 11) is 0. The van der Waals surface area contributed by atoms with Crippen molar-refractivity contribution in [2.45, 2.75) is 19.1 Å². The van der Waals surface area contributed by atoms with Crippen molar-refractivity contribution in [2.75, 3.05) is 0 Å². The van der Waals surface area contributed by atoms with Crippen molar-refractivity contribution < 1.29 is 13.9 Å². The lowest BCUT2D eigenvalue weighted by Crippen LogP contribution is -2.44. The van der Waals surface area contributed by atoms with E-state index in [-0.39, 0.29) is 17.1 Å². The average Bonchev–Trinajstić information content (AvgIpc) is 2.89. The Bertz CT molecular complexity index is 650. The molecule has 8 heteroatoms. The zero-order valence-corrected chi connectivity index (χ0v) is 12.0. The van der Waals surface area contributed by atoms with Crippen LogP contribution in [0.3, 0.4) is 0 Å². The largest absolute Gasteiger partial charge is 0.393 e. The summed E-state index contributed by atoms with van der Waals surface area (Å²) < 4.78 is 28.5. The predicted molar refractivity (Wildman–Crippen MR) is 76.2 cm³/mol. The topological polar surface area (TPSA) is 77.0 Å². The zero-order valence-electron chi connectivity index (χ0n) is 11.2. The van der Waals surface area contributed by atoms with Crippen LogP contribution in [-0.4, -0.2) is 24.9 Å². The monoisotopic (exact) mass is 312 g/mol. The highest BCUT2D eigenvalue weighted by Gasteiger charge is 2.40. The molecule has 1 heterocycles. The van der Waals surface area contributed by atoms with Crippen molar-refractivity contribution in [3.63, 3.8) is 0 Å². The van der Waals surface area contributed by atoms with Crippen molar-refractivity contribution in [1.82, 2.24) is 14.8 Å². The molecular weight excluding hydrogens is 298 g/mol. The SMILES string of the molecule is CC(C(N)=S)C(O)(Cn1cncn1)c1ccc(F)cc1F. The predicted octanol–water partition coefficient (Wildman–Crippen LogP) is 1.37. The highest BCUT2D eigenvalue weighted by molar-refractivity contribution is 7.80. The van der Waals surface area contributed by atoms with E-state index in [1.54, 1.807) is 6.92 Å². The minimum absolute atomic E-state index is 0.0151. The highest BCUT2D eigenvalue weighted by atomic mass is 32.1. The number of aromatic nitrogens is 3. The lowest BCUT2D eigenvalue weighted by atomic mass is 9.81. The van der Waals surface area contributed by atoms with Gasteiger partial charge in [-0.1, -0.05) is 25.2 Å². The van der Waals surface area contributed by atoms with Crippen molar-refractivity contribution >= 4 is 17.2 Å². The Morgan fingerprint density at radius 1 is 1.52 bits per heavy atom. The van der Waals surface area contributed by atoms with Gasteiger partial charge in [0.1, 0.15) is 29.9 Å². The van der Waals surface area contributed by atoms with E-state index in [9.17, 15) is 13.9 Å². The number of hydrogen-bond acceptors (Lipinski definition) is 4. The van der Waals surface area contributed by atoms with Gasteiger partial charge in [-0.2, -0.15) is 5.10 Å². The molecule has 0 fully saturated rings. The normalized spacial score (nSPS) is 15.4. The summed E-state index contributed by atoms with van der Waals surface area (Å²) in [4.78, 5) is 3.78. The van der Waals surface area contributed by atoms with Crippen LogP contribution in [-0.2, 0) is 12.1 Å². The molecule has 0 amide bonds. The molecule has 0 bridgehead atoms. The van der Waals surface area contributed by atoms with Gasteiger partial charge < -0.3 is 10.8 Å². The smallest absolute Gasteiger partial charge is 0.137 e. The molecule has 1 aromatic heterocycles. The fraction of sp³-hybridized carbons (Fsp3) is 0.308. The summed E-state index contributed by atoms with van der Waals surface area (Å²) in [5.74, 6) is -2.36. The Morgan fingerprint density at radius 3 is 2.76 bits per heavy atom. The summed E-state index contributed by atoms with van der Waals surface area (Å²) in [6.45, 7) is 1.45. The molecule has 0 aliphatic carbocycles. The lowest BCUT2D eigenvalue weighted by Gasteiger charge is -2.34. The number of nitrogens with zero attached hydrogens (tertiary/aromatic N) is 3. The molecule has 0 radical (unpaired) electrons. The third kappa shape index (κ3) is 3.06. The summed E-state index contributed by atoms with van der Waals surface area (Å²) >= 11 is 4.91. The number of rotatable bonds is 5. The van der Waals surface area contributed by atoms with Crippen LogP contribution in [0.4, 0.5) is 8.78 Å². The van der Waals surface area contributed by atoms with E-state index in [2.05, 4.69) is 10.1 Å². The van der Waals surface area contributed by atoms with E-state index in [0.717, 1.165) is 6.07 Å². The van der Waals surface area contributed by atoms with E-state index >= 15 is 0 Å². The van der Waals surface area contributed by atoms with Gasteiger partial charge in [0.25, 0.3) is 0 Å². The van der Waals surface area contributed by atoms with Gasteiger partial charge in [-0.05, 0) is 6.07 Å². The molecule has 2 aromatic rings. The number of hydrogen-bond donors (Lipinski definition) is 2. The second-order valence-corrected chi connectivity index (χ2v) is 5.24. The van der Waals surface area contributed by atoms with Crippen molar-refractivity contribution in [1.29, 1.82) is 0 Å². The first kappa shape index (κ1) is 15.5. The molecule has 5 nitrogen and oxygen atoms in total. The van der Waals surface area contributed by atoms with Crippen LogP contribution in [0.5, 0.6) is 0 Å². The van der Waals surface area contributed by atoms with E-state index in [1.165, 1.54) is 23.4 Å². The van der Waals surface area contributed by atoms with Crippen LogP contribution in [0.2, 0.25) is 0 Å². The van der Waals surface area contributed by atoms with Crippen molar-refractivity contribution in [3.8, 4) is 0 Å². The number of benzene rings is 1. The standard InChI is InChI=1S/C13H14F2N4OS/c1-8(12(16)21)13(20,5-19-7-17-6-18-19)10-3-2-9(14)4-11(10)15/h2-4,6-8,20H,5H2,1H3,(H2,16,21). The molecule has 0 aliphatic rings. The minimum Gasteiger partial charge on any atom is -0.393 e. The fourth-order valence-corrected chi connectivity index (χ4v) is 2.29. The third-order valence-electron chi connectivity index (χ3n) is 3.41. The molecule has 21 heavy (non-hydrogen) atoms. The molecule has 3 N–H and O–H groups in total. The molecule has 0 saturated heterocycles. The van der Waals surface area contributed by atoms with Gasteiger partial charge in [0.15, 0.2) is 0 Å². The molecule has 2 rings (SSSR count). The lowest BCUT2D eigenvalue weighted by molar-refractivity contribution is -0.0153. The van der Waals surface area contributed by atoms with Crippen molar-refractivity contribution in [3.05, 3.63) is 48.1 Å². The van der Waals surface area contributed by atoms with E-state index < -0.39 is 23.2 Å². The average molecular weight is 312 g/mol. The summed E-state index contributed by atoms with van der Waals surface area (Å²) in [5.41, 5.74) is 3.73. The molecule has 1 aromatic carbocycles. The molecule has 0 spiro atoms. The van der Waals surface area contributed by atoms with Gasteiger partial charge in [0.2, 0.25) is 0 Å². The van der Waals surface area contributed by atoms with Crippen LogP contribution in [0.15, 0.2) is 30.9 Å². The van der Waals surface area contributed by atoms with E-state index in [1.807, 2.05) is 0 Å². The Balaban J connectivity index is 2.51. The fourth-order valence-electron chi connectivity index (χ4n) is 2.09. The second kappa shape index (κ2) is 5.82. The molecule has 0 saturated carbocycles. The van der Waals surface area contributed by atoms with Gasteiger partial charge in [-0.15, -0.1) is 0 Å². The quantitative estimate of drug-likeness (QED) is 0.815. The van der Waals surface area contributed by atoms with E-state index in [4.69, 9.17) is 18.0 Å². The number of halogens is 2. The van der Waals surface area contributed by atoms with Crippen LogP contribution < -0.4 is 5.73 Å². The van der Waals surface area contributed by atoms with Gasteiger partial charge in [0.05, 0.1) is 11.5 Å². The molecule has 2 unspecified atom stereocenters. The number of nitrogens with two attached hydrogens (primary N) is 1.